The van der Waals surface area contributed by atoms with E-state index in [1.54, 1.807) is 0 Å². The Hall–Kier alpha value is -0.570. The number of amides is 1. The quantitative estimate of drug-likeness (QED) is 0.800. The monoisotopic (exact) mass is 240 g/mol. The fourth-order valence-corrected chi connectivity index (χ4v) is 2.03. The SMILES string of the molecule is CCC(C)(C)CNC(C)C(=O)N1CCCCC1. The third-order valence-corrected chi connectivity index (χ3v) is 3.88. The van der Waals surface area contributed by atoms with Crippen LogP contribution in [0, 0.1) is 5.41 Å². The minimum absolute atomic E-state index is 0.0427. The predicted molar refractivity (Wildman–Crippen MR) is 72.0 cm³/mol. The van der Waals surface area contributed by atoms with Gasteiger partial charge >= 0.3 is 0 Å². The first kappa shape index (κ1) is 14.5. The minimum Gasteiger partial charge on any atom is -0.341 e. The van der Waals surface area contributed by atoms with Crippen LogP contribution in [-0.4, -0.2) is 36.5 Å². The van der Waals surface area contributed by atoms with Crippen molar-refractivity contribution < 1.29 is 4.79 Å². The molecule has 1 rings (SSSR count). The molecule has 1 amide bonds. The first-order chi connectivity index (χ1) is 7.96. The van der Waals surface area contributed by atoms with E-state index in [-0.39, 0.29) is 17.4 Å². The molecule has 0 saturated carbocycles. The standard InChI is InChI=1S/C14H28N2O/c1-5-14(3,4)11-15-12(2)13(17)16-9-7-6-8-10-16/h12,15H,5-11H2,1-4H3. The Balaban J connectivity index is 2.36. The van der Waals surface area contributed by atoms with Crippen molar-refractivity contribution in [2.75, 3.05) is 19.6 Å². The number of rotatable bonds is 5. The molecule has 3 nitrogen and oxygen atoms in total. The van der Waals surface area contributed by atoms with Crippen LogP contribution >= 0.6 is 0 Å². The fourth-order valence-electron chi connectivity index (χ4n) is 2.03. The maximum absolute atomic E-state index is 12.2. The van der Waals surface area contributed by atoms with Crippen LogP contribution in [0.25, 0.3) is 0 Å². The zero-order valence-electron chi connectivity index (χ0n) is 11.9. The highest BCUT2D eigenvalue weighted by Gasteiger charge is 2.23. The van der Waals surface area contributed by atoms with Gasteiger partial charge in [-0.15, -0.1) is 0 Å². The Bertz CT molecular complexity index is 245. The lowest BCUT2D eigenvalue weighted by atomic mass is 9.90. The molecule has 1 aliphatic rings. The van der Waals surface area contributed by atoms with Gasteiger partial charge in [-0.05, 0) is 38.0 Å². The van der Waals surface area contributed by atoms with Crippen LogP contribution < -0.4 is 5.32 Å². The molecular weight excluding hydrogens is 212 g/mol. The van der Waals surface area contributed by atoms with Gasteiger partial charge in [0.05, 0.1) is 6.04 Å². The Kier molecular flexibility index (Phi) is 5.44. The zero-order valence-corrected chi connectivity index (χ0v) is 11.9. The first-order valence-corrected chi connectivity index (χ1v) is 6.98. The molecule has 17 heavy (non-hydrogen) atoms. The van der Waals surface area contributed by atoms with Crippen LogP contribution in [0.2, 0.25) is 0 Å². The summed E-state index contributed by atoms with van der Waals surface area (Å²) in [6, 6.07) is -0.0427. The molecule has 1 fully saturated rings. The van der Waals surface area contributed by atoms with Crippen molar-refractivity contribution >= 4 is 5.91 Å². The van der Waals surface area contributed by atoms with E-state index < -0.39 is 0 Å². The zero-order chi connectivity index (χ0) is 12.9. The summed E-state index contributed by atoms with van der Waals surface area (Å²) in [5.74, 6) is 0.275. The maximum atomic E-state index is 12.2. The summed E-state index contributed by atoms with van der Waals surface area (Å²) in [6.45, 7) is 11.5. The topological polar surface area (TPSA) is 32.3 Å². The third kappa shape index (κ3) is 4.66. The highest BCUT2D eigenvalue weighted by atomic mass is 16.2. The third-order valence-electron chi connectivity index (χ3n) is 3.88. The fraction of sp³-hybridized carbons (Fsp3) is 0.929. The van der Waals surface area contributed by atoms with E-state index in [2.05, 4.69) is 26.1 Å². The van der Waals surface area contributed by atoms with Gasteiger partial charge in [0.2, 0.25) is 5.91 Å². The molecule has 1 unspecified atom stereocenters. The average Bonchev–Trinajstić information content (AvgIpc) is 2.36. The number of piperidine rings is 1. The molecule has 0 aromatic heterocycles. The van der Waals surface area contributed by atoms with E-state index >= 15 is 0 Å². The molecule has 1 atom stereocenters. The Morgan fingerprint density at radius 2 is 1.88 bits per heavy atom. The number of hydrogen-bond acceptors (Lipinski definition) is 2. The summed E-state index contributed by atoms with van der Waals surface area (Å²) in [5, 5.41) is 3.38. The number of likely N-dealkylation sites (tertiary alicyclic amines) is 1. The predicted octanol–water partition coefficient (Wildman–Crippen LogP) is 2.41. The van der Waals surface area contributed by atoms with Gasteiger partial charge in [-0.1, -0.05) is 20.8 Å². The van der Waals surface area contributed by atoms with Crippen LogP contribution in [0.1, 0.15) is 53.4 Å². The van der Waals surface area contributed by atoms with Crippen LogP contribution in [0.15, 0.2) is 0 Å². The van der Waals surface area contributed by atoms with Crippen molar-refractivity contribution in [2.24, 2.45) is 5.41 Å². The number of hydrogen-bond donors (Lipinski definition) is 1. The van der Waals surface area contributed by atoms with Gasteiger partial charge in [-0.3, -0.25) is 4.79 Å². The number of carbonyl (C=O) groups is 1. The van der Waals surface area contributed by atoms with Crippen molar-refractivity contribution in [2.45, 2.75) is 59.4 Å². The van der Waals surface area contributed by atoms with Gasteiger partial charge in [0.1, 0.15) is 0 Å². The molecule has 1 saturated heterocycles. The van der Waals surface area contributed by atoms with E-state index in [0.29, 0.717) is 0 Å². The van der Waals surface area contributed by atoms with Crippen LogP contribution in [0.3, 0.4) is 0 Å². The summed E-state index contributed by atoms with van der Waals surface area (Å²) in [5.41, 5.74) is 0.274. The second-order valence-corrected chi connectivity index (χ2v) is 6.01. The van der Waals surface area contributed by atoms with E-state index in [9.17, 15) is 4.79 Å². The molecular formula is C14H28N2O. The Labute approximate surface area is 106 Å². The molecule has 1 aliphatic heterocycles. The summed E-state index contributed by atoms with van der Waals surface area (Å²) < 4.78 is 0. The van der Waals surface area contributed by atoms with Crippen LogP contribution in [0.5, 0.6) is 0 Å². The first-order valence-electron chi connectivity index (χ1n) is 6.98. The summed E-state index contributed by atoms with van der Waals surface area (Å²) in [4.78, 5) is 14.2. The van der Waals surface area contributed by atoms with Gasteiger partial charge in [0.15, 0.2) is 0 Å². The summed E-state index contributed by atoms with van der Waals surface area (Å²) in [6.07, 6.45) is 4.73. The molecule has 0 bridgehead atoms. The minimum atomic E-state index is -0.0427. The molecule has 3 heteroatoms. The van der Waals surface area contributed by atoms with Gasteiger partial charge < -0.3 is 10.2 Å². The Morgan fingerprint density at radius 3 is 2.41 bits per heavy atom. The highest BCUT2D eigenvalue weighted by Crippen LogP contribution is 2.18. The van der Waals surface area contributed by atoms with Crippen LogP contribution in [-0.2, 0) is 4.79 Å². The van der Waals surface area contributed by atoms with E-state index in [4.69, 9.17) is 0 Å². The normalized spacial score (nSPS) is 19.2. The largest absolute Gasteiger partial charge is 0.341 e. The second kappa shape index (κ2) is 6.39. The van der Waals surface area contributed by atoms with Crippen molar-refractivity contribution in [1.82, 2.24) is 10.2 Å². The number of carbonyl (C=O) groups excluding carboxylic acids is 1. The lowest BCUT2D eigenvalue weighted by molar-refractivity contribution is -0.134. The van der Waals surface area contributed by atoms with Crippen molar-refractivity contribution in [3.63, 3.8) is 0 Å². The molecule has 1 N–H and O–H groups in total. The molecule has 0 aromatic carbocycles. The number of nitrogens with zero attached hydrogens (tertiary/aromatic N) is 1. The maximum Gasteiger partial charge on any atom is 0.239 e. The lowest BCUT2D eigenvalue weighted by Gasteiger charge is -2.31. The number of nitrogens with one attached hydrogen (secondary N) is 1. The average molecular weight is 240 g/mol. The lowest BCUT2D eigenvalue weighted by Crippen LogP contribution is -2.48. The van der Waals surface area contributed by atoms with Gasteiger partial charge in [-0.25, -0.2) is 0 Å². The van der Waals surface area contributed by atoms with Crippen LogP contribution in [0.4, 0.5) is 0 Å². The summed E-state index contributed by atoms with van der Waals surface area (Å²) in [7, 11) is 0. The smallest absolute Gasteiger partial charge is 0.239 e. The molecule has 0 aromatic rings. The Morgan fingerprint density at radius 1 is 1.29 bits per heavy atom. The second-order valence-electron chi connectivity index (χ2n) is 6.01. The van der Waals surface area contributed by atoms with Gasteiger partial charge in [0.25, 0.3) is 0 Å². The van der Waals surface area contributed by atoms with E-state index in [0.717, 1.165) is 26.1 Å². The molecule has 0 aliphatic carbocycles. The molecule has 0 radical (unpaired) electrons. The molecule has 100 valence electrons. The highest BCUT2D eigenvalue weighted by molar-refractivity contribution is 5.81. The van der Waals surface area contributed by atoms with Crippen molar-refractivity contribution in [3.05, 3.63) is 0 Å². The van der Waals surface area contributed by atoms with Gasteiger partial charge in [0, 0.05) is 19.6 Å². The molecule has 0 spiro atoms. The van der Waals surface area contributed by atoms with Gasteiger partial charge in [-0.2, -0.15) is 0 Å². The van der Waals surface area contributed by atoms with E-state index in [1.165, 1.54) is 19.3 Å². The molecule has 1 heterocycles. The van der Waals surface area contributed by atoms with Crippen molar-refractivity contribution in [1.29, 1.82) is 0 Å². The van der Waals surface area contributed by atoms with Crippen molar-refractivity contribution in [3.8, 4) is 0 Å². The summed E-state index contributed by atoms with van der Waals surface area (Å²) >= 11 is 0. The van der Waals surface area contributed by atoms with E-state index in [1.807, 2.05) is 11.8 Å².